The fourth-order valence-electron chi connectivity index (χ4n) is 1.38. The van der Waals surface area contributed by atoms with Crippen molar-refractivity contribution in [2.75, 3.05) is 5.32 Å². The molecule has 0 amide bonds. The van der Waals surface area contributed by atoms with Crippen molar-refractivity contribution < 1.29 is 4.42 Å². The molecule has 1 aromatic heterocycles. The lowest BCUT2D eigenvalue weighted by molar-refractivity contribution is 0.616. The van der Waals surface area contributed by atoms with Crippen LogP contribution < -0.4 is 5.32 Å². The van der Waals surface area contributed by atoms with Crippen molar-refractivity contribution in [1.82, 2.24) is 0 Å². The first-order chi connectivity index (χ1) is 6.25. The van der Waals surface area contributed by atoms with Crippen LogP contribution in [0.5, 0.6) is 0 Å². The molecule has 2 aromatic rings. The monoisotopic (exact) mass is 175 g/mol. The molecule has 2 rings (SSSR count). The summed E-state index contributed by atoms with van der Waals surface area (Å²) in [5.41, 5.74) is 2.04. The van der Waals surface area contributed by atoms with Crippen molar-refractivity contribution in [2.24, 2.45) is 0 Å². The summed E-state index contributed by atoms with van der Waals surface area (Å²) in [7, 11) is 0. The second kappa shape index (κ2) is 3.13. The smallest absolute Gasteiger partial charge is 0.135 e. The summed E-state index contributed by atoms with van der Waals surface area (Å²) in [6.45, 7) is 4.23. The van der Waals surface area contributed by atoms with Gasteiger partial charge in [-0.2, -0.15) is 0 Å². The van der Waals surface area contributed by atoms with Gasteiger partial charge in [-0.3, -0.25) is 0 Å². The van der Waals surface area contributed by atoms with Crippen LogP contribution >= 0.6 is 0 Å². The molecule has 0 atom stereocenters. The highest BCUT2D eigenvalue weighted by Gasteiger charge is 1.99. The van der Waals surface area contributed by atoms with Crippen molar-refractivity contribution in [3.05, 3.63) is 30.5 Å². The fourth-order valence-corrected chi connectivity index (χ4v) is 1.38. The first kappa shape index (κ1) is 8.17. The molecule has 0 unspecified atom stereocenters. The Hall–Kier alpha value is -1.44. The molecule has 0 spiro atoms. The van der Waals surface area contributed by atoms with Gasteiger partial charge in [0, 0.05) is 23.2 Å². The number of anilines is 1. The third-order valence-corrected chi connectivity index (χ3v) is 1.91. The number of furan rings is 1. The molecule has 68 valence electrons. The third kappa shape index (κ3) is 1.66. The van der Waals surface area contributed by atoms with Crippen LogP contribution in [0, 0.1) is 0 Å². The molecule has 1 aromatic carbocycles. The Bertz CT molecular complexity index is 403. The van der Waals surface area contributed by atoms with Crippen LogP contribution in [0.1, 0.15) is 13.8 Å². The molecule has 0 aliphatic heterocycles. The highest BCUT2D eigenvalue weighted by molar-refractivity contribution is 5.80. The first-order valence-electron chi connectivity index (χ1n) is 4.49. The van der Waals surface area contributed by atoms with Crippen LogP contribution in [0.25, 0.3) is 11.0 Å². The first-order valence-corrected chi connectivity index (χ1v) is 4.49. The number of benzene rings is 1. The van der Waals surface area contributed by atoms with Gasteiger partial charge in [-0.05, 0) is 32.0 Å². The van der Waals surface area contributed by atoms with E-state index in [-0.39, 0.29) is 0 Å². The molecule has 1 heterocycles. The van der Waals surface area contributed by atoms with E-state index in [0.717, 1.165) is 16.7 Å². The molecule has 0 fully saturated rings. The number of hydrogen-bond donors (Lipinski definition) is 1. The van der Waals surface area contributed by atoms with Gasteiger partial charge in [0.2, 0.25) is 0 Å². The Morgan fingerprint density at radius 2 is 2.08 bits per heavy atom. The molecule has 0 saturated heterocycles. The highest BCUT2D eigenvalue weighted by Crippen LogP contribution is 2.20. The minimum absolute atomic E-state index is 0.451. The van der Waals surface area contributed by atoms with Gasteiger partial charge in [0.15, 0.2) is 0 Å². The molecule has 0 aliphatic carbocycles. The van der Waals surface area contributed by atoms with E-state index in [2.05, 4.69) is 31.3 Å². The maximum absolute atomic E-state index is 5.30. The maximum atomic E-state index is 5.30. The fraction of sp³-hybridized carbons (Fsp3) is 0.273. The summed E-state index contributed by atoms with van der Waals surface area (Å²) in [5.74, 6) is 0. The Balaban J connectivity index is 2.37. The molecule has 0 aliphatic rings. The van der Waals surface area contributed by atoms with Crippen molar-refractivity contribution in [3.8, 4) is 0 Å². The molecule has 0 radical (unpaired) electrons. The maximum Gasteiger partial charge on any atom is 0.135 e. The molecule has 2 heteroatoms. The summed E-state index contributed by atoms with van der Waals surface area (Å²) in [5, 5.41) is 4.47. The summed E-state index contributed by atoms with van der Waals surface area (Å²) in [4.78, 5) is 0. The normalized spacial score (nSPS) is 11.0. The minimum Gasteiger partial charge on any atom is -0.464 e. The van der Waals surface area contributed by atoms with Gasteiger partial charge in [-0.25, -0.2) is 0 Å². The van der Waals surface area contributed by atoms with Gasteiger partial charge < -0.3 is 9.73 Å². The van der Waals surface area contributed by atoms with E-state index in [9.17, 15) is 0 Å². The van der Waals surface area contributed by atoms with Gasteiger partial charge in [0.1, 0.15) is 5.58 Å². The Morgan fingerprint density at radius 3 is 2.85 bits per heavy atom. The molecule has 13 heavy (non-hydrogen) atoms. The predicted molar refractivity (Wildman–Crippen MR) is 55.0 cm³/mol. The van der Waals surface area contributed by atoms with Crippen LogP contribution in [0.15, 0.2) is 34.9 Å². The largest absolute Gasteiger partial charge is 0.464 e. The van der Waals surface area contributed by atoms with Crippen LogP contribution in [0.2, 0.25) is 0 Å². The van der Waals surface area contributed by atoms with Gasteiger partial charge in [-0.15, -0.1) is 0 Å². The number of fused-ring (bicyclic) bond motifs is 1. The Morgan fingerprint density at radius 1 is 1.23 bits per heavy atom. The van der Waals surface area contributed by atoms with Crippen molar-refractivity contribution >= 4 is 16.7 Å². The molecular weight excluding hydrogens is 162 g/mol. The second-order valence-electron chi connectivity index (χ2n) is 3.47. The lowest BCUT2D eigenvalue weighted by atomic mass is 10.2. The highest BCUT2D eigenvalue weighted by atomic mass is 16.3. The molecule has 1 N–H and O–H groups in total. The van der Waals surface area contributed by atoms with E-state index in [0.29, 0.717) is 6.04 Å². The van der Waals surface area contributed by atoms with E-state index in [1.165, 1.54) is 0 Å². The van der Waals surface area contributed by atoms with E-state index < -0.39 is 0 Å². The van der Waals surface area contributed by atoms with E-state index in [1.54, 1.807) is 6.26 Å². The van der Waals surface area contributed by atoms with Gasteiger partial charge in [0.25, 0.3) is 0 Å². The van der Waals surface area contributed by atoms with Crippen molar-refractivity contribution in [3.63, 3.8) is 0 Å². The summed E-state index contributed by atoms with van der Waals surface area (Å²) < 4.78 is 5.30. The number of rotatable bonds is 2. The minimum atomic E-state index is 0.451. The average Bonchev–Trinajstić information content (AvgIpc) is 2.49. The zero-order chi connectivity index (χ0) is 9.26. The lowest BCUT2D eigenvalue weighted by Gasteiger charge is -2.08. The average molecular weight is 175 g/mol. The van der Waals surface area contributed by atoms with Gasteiger partial charge >= 0.3 is 0 Å². The topological polar surface area (TPSA) is 25.2 Å². The summed E-state index contributed by atoms with van der Waals surface area (Å²) >= 11 is 0. The molecular formula is C11H13NO. The quantitative estimate of drug-likeness (QED) is 0.757. The zero-order valence-corrected chi connectivity index (χ0v) is 7.87. The number of hydrogen-bond acceptors (Lipinski definition) is 2. The van der Waals surface area contributed by atoms with Crippen LogP contribution in [0.4, 0.5) is 5.69 Å². The van der Waals surface area contributed by atoms with Gasteiger partial charge in [-0.1, -0.05) is 0 Å². The predicted octanol–water partition coefficient (Wildman–Crippen LogP) is 3.25. The zero-order valence-electron chi connectivity index (χ0n) is 7.87. The molecule has 2 nitrogen and oxygen atoms in total. The van der Waals surface area contributed by atoms with E-state index in [1.807, 2.05) is 12.1 Å². The Kier molecular flexibility index (Phi) is 1.97. The van der Waals surface area contributed by atoms with Crippen LogP contribution in [0.3, 0.4) is 0 Å². The van der Waals surface area contributed by atoms with Gasteiger partial charge in [0.05, 0.1) is 6.26 Å². The number of nitrogens with one attached hydrogen (secondary N) is 1. The van der Waals surface area contributed by atoms with E-state index in [4.69, 9.17) is 4.42 Å². The van der Waals surface area contributed by atoms with Crippen LogP contribution in [-0.4, -0.2) is 6.04 Å². The van der Waals surface area contributed by atoms with E-state index >= 15 is 0 Å². The lowest BCUT2D eigenvalue weighted by Crippen LogP contribution is -2.09. The van der Waals surface area contributed by atoms with Crippen molar-refractivity contribution in [2.45, 2.75) is 19.9 Å². The second-order valence-corrected chi connectivity index (χ2v) is 3.47. The van der Waals surface area contributed by atoms with Crippen LogP contribution in [-0.2, 0) is 0 Å². The standard InChI is InChI=1S/C11H13NO/c1-8(2)12-10-4-3-9-5-6-13-11(9)7-10/h3-8,12H,1-2H3. The van der Waals surface area contributed by atoms with Crippen molar-refractivity contribution in [1.29, 1.82) is 0 Å². The Labute approximate surface area is 77.6 Å². The summed E-state index contributed by atoms with van der Waals surface area (Å²) in [6, 6.07) is 8.57. The molecule has 0 bridgehead atoms. The molecule has 0 saturated carbocycles. The summed E-state index contributed by atoms with van der Waals surface area (Å²) in [6.07, 6.45) is 1.71. The third-order valence-electron chi connectivity index (χ3n) is 1.91. The SMILES string of the molecule is CC(C)Nc1ccc2ccoc2c1.